The highest BCUT2D eigenvalue weighted by Gasteiger charge is 2.38. The first-order valence-corrected chi connectivity index (χ1v) is 10.6. The molecule has 1 N–H and O–H groups in total. The molecule has 0 spiro atoms. The van der Waals surface area contributed by atoms with Crippen LogP contribution in [0.4, 0.5) is 13.2 Å². The van der Waals surface area contributed by atoms with Crippen LogP contribution < -0.4 is 5.56 Å². The molecule has 0 aliphatic heterocycles. The molecule has 0 amide bonds. The van der Waals surface area contributed by atoms with Gasteiger partial charge in [0.2, 0.25) is 0 Å². The average molecular weight is 465 g/mol. The molecule has 172 valence electrons. The van der Waals surface area contributed by atoms with E-state index in [1.54, 1.807) is 25.4 Å². The van der Waals surface area contributed by atoms with Crippen LogP contribution in [0, 0.1) is 11.3 Å². The summed E-state index contributed by atoms with van der Waals surface area (Å²) in [7, 11) is 0. The molecule has 3 heterocycles. The monoisotopic (exact) mass is 465 g/mol. The number of aromatic amines is 1. The van der Waals surface area contributed by atoms with E-state index in [4.69, 9.17) is 0 Å². The highest BCUT2D eigenvalue weighted by atomic mass is 19.4. The molecule has 34 heavy (non-hydrogen) atoms. The Labute approximate surface area is 191 Å². The summed E-state index contributed by atoms with van der Waals surface area (Å²) in [4.78, 5) is 29.0. The number of halogens is 3. The van der Waals surface area contributed by atoms with Gasteiger partial charge in [-0.15, -0.1) is 0 Å². The lowest BCUT2D eigenvalue weighted by molar-refractivity contribution is -0.137. The van der Waals surface area contributed by atoms with Crippen molar-refractivity contribution < 1.29 is 13.2 Å². The van der Waals surface area contributed by atoms with E-state index in [1.165, 1.54) is 16.8 Å². The first-order chi connectivity index (χ1) is 16.3. The van der Waals surface area contributed by atoms with Gasteiger partial charge in [0, 0.05) is 24.2 Å². The molecule has 0 radical (unpaired) electrons. The summed E-state index contributed by atoms with van der Waals surface area (Å²) in [6.07, 6.45) is 0.514. The van der Waals surface area contributed by atoms with Gasteiger partial charge < -0.3 is 4.98 Å². The summed E-state index contributed by atoms with van der Waals surface area (Å²) >= 11 is 0. The zero-order chi connectivity index (χ0) is 24.0. The molecule has 0 saturated heterocycles. The van der Waals surface area contributed by atoms with Gasteiger partial charge in [-0.3, -0.25) is 4.79 Å². The number of benzene rings is 1. The molecule has 1 saturated carbocycles. The maximum atomic E-state index is 12.9. The van der Waals surface area contributed by atoms with Crippen LogP contribution in [-0.2, 0) is 6.18 Å². The van der Waals surface area contributed by atoms with Gasteiger partial charge in [0.15, 0.2) is 11.3 Å². The zero-order valence-electron chi connectivity index (χ0n) is 17.9. The van der Waals surface area contributed by atoms with Gasteiger partial charge in [0.05, 0.1) is 11.6 Å². The van der Waals surface area contributed by atoms with Crippen molar-refractivity contribution >= 4 is 11.0 Å². The highest BCUT2D eigenvalue weighted by molar-refractivity contribution is 5.80. The quantitative estimate of drug-likeness (QED) is 0.486. The minimum Gasteiger partial charge on any atom is -0.310 e. The van der Waals surface area contributed by atoms with Gasteiger partial charge in [0.1, 0.15) is 23.1 Å². The number of hydrogen-bond donors (Lipinski definition) is 1. The number of nitrogens with one attached hydrogen (secondary N) is 1. The molecule has 5 rings (SSSR count). The van der Waals surface area contributed by atoms with E-state index >= 15 is 0 Å². The van der Waals surface area contributed by atoms with E-state index in [-0.39, 0.29) is 28.6 Å². The van der Waals surface area contributed by atoms with Crippen molar-refractivity contribution in [1.82, 2.24) is 29.7 Å². The van der Waals surface area contributed by atoms with Gasteiger partial charge in [-0.2, -0.15) is 23.5 Å². The molecular formula is C23H18F3N7O. The number of H-pyrrole nitrogens is 1. The Hall–Kier alpha value is -4.07. The lowest BCUT2D eigenvalue weighted by atomic mass is 9.72. The summed E-state index contributed by atoms with van der Waals surface area (Å²) in [5.74, 6) is 1.02. The number of rotatable bonds is 4. The van der Waals surface area contributed by atoms with Crippen LogP contribution in [0.3, 0.4) is 0 Å². The summed E-state index contributed by atoms with van der Waals surface area (Å²) in [6.45, 7) is 1.72. The van der Waals surface area contributed by atoms with Crippen molar-refractivity contribution in [3.63, 3.8) is 0 Å². The predicted molar refractivity (Wildman–Crippen MR) is 115 cm³/mol. The third-order valence-corrected chi connectivity index (χ3v) is 6.32. The molecule has 3 aromatic heterocycles. The molecule has 3 atom stereocenters. The fourth-order valence-electron chi connectivity index (χ4n) is 4.32. The number of nitriles is 1. The Morgan fingerprint density at radius 1 is 1.15 bits per heavy atom. The van der Waals surface area contributed by atoms with E-state index in [0.29, 0.717) is 17.2 Å². The van der Waals surface area contributed by atoms with Gasteiger partial charge in [-0.05, 0) is 43.5 Å². The second-order valence-corrected chi connectivity index (χ2v) is 8.25. The molecule has 11 heteroatoms. The van der Waals surface area contributed by atoms with Gasteiger partial charge in [0.25, 0.3) is 5.56 Å². The molecule has 4 aromatic rings. The molecule has 1 fully saturated rings. The van der Waals surface area contributed by atoms with Crippen LogP contribution in [-0.4, -0.2) is 29.7 Å². The maximum Gasteiger partial charge on any atom is 0.416 e. The summed E-state index contributed by atoms with van der Waals surface area (Å²) in [6, 6.07) is 7.78. The highest BCUT2D eigenvalue weighted by Crippen LogP contribution is 2.46. The summed E-state index contributed by atoms with van der Waals surface area (Å²) in [5.41, 5.74) is -0.595. The lowest BCUT2D eigenvalue weighted by Gasteiger charge is -2.34. The molecule has 1 aliphatic carbocycles. The number of nitrogens with zero attached hydrogens (tertiary/aromatic N) is 6. The van der Waals surface area contributed by atoms with Gasteiger partial charge in [-0.25, -0.2) is 19.6 Å². The normalized spacial score (nSPS) is 18.9. The molecule has 1 aliphatic rings. The van der Waals surface area contributed by atoms with Crippen molar-refractivity contribution in [2.75, 3.05) is 0 Å². The Morgan fingerprint density at radius 3 is 2.41 bits per heavy atom. The summed E-state index contributed by atoms with van der Waals surface area (Å²) < 4.78 is 40.3. The summed E-state index contributed by atoms with van der Waals surface area (Å²) in [5, 5.41) is 13.8. The van der Waals surface area contributed by atoms with E-state index in [2.05, 4.69) is 25.0 Å². The van der Waals surface area contributed by atoms with Crippen molar-refractivity contribution in [3.05, 3.63) is 81.5 Å². The second kappa shape index (κ2) is 8.06. The van der Waals surface area contributed by atoms with E-state index in [0.717, 1.165) is 25.0 Å². The third-order valence-electron chi connectivity index (χ3n) is 6.32. The largest absolute Gasteiger partial charge is 0.416 e. The molecule has 8 nitrogen and oxygen atoms in total. The topological polar surface area (TPSA) is 113 Å². The predicted octanol–water partition coefficient (Wildman–Crippen LogP) is 4.07. The smallest absolute Gasteiger partial charge is 0.310 e. The first-order valence-electron chi connectivity index (χ1n) is 10.6. The van der Waals surface area contributed by atoms with Crippen molar-refractivity contribution in [1.29, 1.82) is 5.26 Å². The molecule has 0 unspecified atom stereocenters. The molecular weight excluding hydrogens is 447 g/mol. The first kappa shape index (κ1) is 21.8. The standard InChI is InChI=1S/C23H18F3N7O/c1-12(13-3-5-14(6-4-13)23(24,25)26)33-21-18(17(11-27)32-33)22(34)31-20(30-21)16-8-7-15(16)19-28-9-2-10-29-19/h2-6,9-10,12,15-16H,7-8H2,1H3,(H,30,31,34)/t12-,15+,16+/m1/s1. The average Bonchev–Trinajstić information content (AvgIpc) is 3.17. The van der Waals surface area contributed by atoms with Crippen LogP contribution in [0.25, 0.3) is 11.0 Å². The molecule has 0 bridgehead atoms. The van der Waals surface area contributed by atoms with Crippen LogP contribution in [0.1, 0.15) is 66.1 Å². The number of aromatic nitrogens is 6. The fourth-order valence-corrected chi connectivity index (χ4v) is 4.32. The SMILES string of the molecule is C[C@H](c1ccc(C(F)(F)F)cc1)n1nc(C#N)c2c(=O)[nH]c([C@H]3CC[C@@H]3c3ncccn3)nc21. The van der Waals surface area contributed by atoms with Crippen LogP contribution in [0.5, 0.6) is 0 Å². The Balaban J connectivity index is 1.57. The second-order valence-electron chi connectivity index (χ2n) is 8.25. The van der Waals surface area contributed by atoms with Gasteiger partial charge in [-0.1, -0.05) is 12.1 Å². The van der Waals surface area contributed by atoms with Crippen molar-refractivity contribution in [3.8, 4) is 6.07 Å². The van der Waals surface area contributed by atoms with E-state index in [1.807, 2.05) is 6.07 Å². The van der Waals surface area contributed by atoms with Crippen LogP contribution in [0.2, 0.25) is 0 Å². The fraction of sp³-hybridized carbons (Fsp3) is 0.304. The number of hydrogen-bond acceptors (Lipinski definition) is 6. The van der Waals surface area contributed by atoms with Crippen LogP contribution >= 0.6 is 0 Å². The van der Waals surface area contributed by atoms with E-state index < -0.39 is 23.3 Å². The van der Waals surface area contributed by atoms with Crippen molar-refractivity contribution in [2.45, 2.75) is 43.8 Å². The Kier molecular flexibility index (Phi) is 5.16. The third kappa shape index (κ3) is 3.61. The zero-order valence-corrected chi connectivity index (χ0v) is 17.9. The maximum absolute atomic E-state index is 12.9. The number of alkyl halides is 3. The van der Waals surface area contributed by atoms with Crippen LogP contribution in [0.15, 0.2) is 47.5 Å². The Bertz CT molecular complexity index is 1450. The van der Waals surface area contributed by atoms with E-state index in [9.17, 15) is 23.2 Å². The van der Waals surface area contributed by atoms with Crippen molar-refractivity contribution in [2.24, 2.45) is 0 Å². The number of fused-ring (bicyclic) bond motifs is 1. The lowest BCUT2D eigenvalue weighted by Crippen LogP contribution is -2.28. The minimum atomic E-state index is -4.44. The molecule has 1 aromatic carbocycles. The van der Waals surface area contributed by atoms with Gasteiger partial charge >= 0.3 is 6.18 Å². The minimum absolute atomic E-state index is 0.000875. The Morgan fingerprint density at radius 2 is 1.82 bits per heavy atom.